The Morgan fingerprint density at radius 3 is 2.05 bits per heavy atom. The Hall–Kier alpha value is -0.480. The van der Waals surface area contributed by atoms with Crippen molar-refractivity contribution in [3.05, 3.63) is 27.7 Å². The Morgan fingerprint density at radius 1 is 1.21 bits per heavy atom. The number of hydrogen-bond acceptors (Lipinski definition) is 3. The molecule has 1 atom stereocenters. The van der Waals surface area contributed by atoms with Gasteiger partial charge in [0.25, 0.3) is 0 Å². The second kappa shape index (κ2) is 6.31. The van der Waals surface area contributed by atoms with Gasteiger partial charge in [-0.25, -0.2) is 0 Å². The van der Waals surface area contributed by atoms with E-state index in [9.17, 15) is 5.11 Å². The first-order valence-electron chi connectivity index (χ1n) is 6.21. The van der Waals surface area contributed by atoms with Crippen LogP contribution in [0.15, 0.2) is 12.1 Å². The van der Waals surface area contributed by atoms with E-state index >= 15 is 0 Å². The van der Waals surface area contributed by atoms with Crippen molar-refractivity contribution in [1.82, 2.24) is 5.32 Å². The monoisotopic (exact) mass is 304 g/mol. The maximum atomic E-state index is 10.2. The lowest BCUT2D eigenvalue weighted by molar-refractivity contribution is 0.163. The number of hydrogen-bond donors (Lipinski definition) is 2. The molecule has 19 heavy (non-hydrogen) atoms. The lowest BCUT2D eigenvalue weighted by Crippen LogP contribution is -2.38. The van der Waals surface area contributed by atoms with Gasteiger partial charge < -0.3 is 15.3 Å². The van der Waals surface area contributed by atoms with Gasteiger partial charge in [-0.3, -0.25) is 0 Å². The van der Waals surface area contributed by atoms with E-state index in [0.29, 0.717) is 16.6 Å². The first-order valence-corrected chi connectivity index (χ1v) is 6.97. The fourth-order valence-corrected chi connectivity index (χ4v) is 2.57. The summed E-state index contributed by atoms with van der Waals surface area (Å²) in [5.41, 5.74) is 1.44. The molecule has 1 rings (SSSR count). The summed E-state index contributed by atoms with van der Waals surface area (Å²) in [6, 6.07) is 3.52. The van der Waals surface area contributed by atoms with Crippen molar-refractivity contribution in [3.8, 4) is 0 Å². The fourth-order valence-electron chi connectivity index (χ4n) is 1.73. The highest BCUT2D eigenvalue weighted by molar-refractivity contribution is 6.39. The third kappa shape index (κ3) is 4.84. The zero-order valence-electron chi connectivity index (χ0n) is 12.1. The van der Waals surface area contributed by atoms with Crippen molar-refractivity contribution in [2.45, 2.75) is 32.4 Å². The first-order chi connectivity index (χ1) is 8.61. The molecule has 0 aliphatic heterocycles. The van der Waals surface area contributed by atoms with Crippen molar-refractivity contribution in [1.29, 1.82) is 0 Å². The minimum absolute atomic E-state index is 0.0435. The Morgan fingerprint density at radius 2 is 1.68 bits per heavy atom. The second-order valence-electron chi connectivity index (χ2n) is 5.87. The summed E-state index contributed by atoms with van der Waals surface area (Å²) in [4.78, 5) is 1.86. The first kappa shape index (κ1) is 16.6. The highest BCUT2D eigenvalue weighted by Crippen LogP contribution is 2.35. The van der Waals surface area contributed by atoms with Crippen molar-refractivity contribution < 1.29 is 5.11 Å². The third-order valence-corrected chi connectivity index (χ3v) is 3.27. The summed E-state index contributed by atoms with van der Waals surface area (Å²) in [5.74, 6) is 0. The largest absolute Gasteiger partial charge is 0.387 e. The van der Waals surface area contributed by atoms with Gasteiger partial charge in [0, 0.05) is 26.2 Å². The van der Waals surface area contributed by atoms with E-state index in [2.05, 4.69) is 26.1 Å². The van der Waals surface area contributed by atoms with Crippen LogP contribution in [0.5, 0.6) is 0 Å². The van der Waals surface area contributed by atoms with E-state index in [4.69, 9.17) is 23.2 Å². The van der Waals surface area contributed by atoms with Crippen LogP contribution < -0.4 is 10.2 Å². The molecule has 5 heteroatoms. The van der Waals surface area contributed by atoms with Gasteiger partial charge in [-0.2, -0.15) is 0 Å². The number of aliphatic hydroxyl groups excluding tert-OH is 1. The molecule has 0 saturated heterocycles. The minimum Gasteiger partial charge on any atom is -0.387 e. The molecule has 0 saturated carbocycles. The Bertz CT molecular complexity index is 419. The van der Waals surface area contributed by atoms with Gasteiger partial charge in [-0.1, -0.05) is 23.2 Å². The van der Waals surface area contributed by atoms with E-state index in [1.807, 2.05) is 19.0 Å². The molecule has 108 valence electrons. The number of benzene rings is 1. The van der Waals surface area contributed by atoms with Gasteiger partial charge in [0.15, 0.2) is 0 Å². The van der Waals surface area contributed by atoms with E-state index in [1.54, 1.807) is 12.1 Å². The van der Waals surface area contributed by atoms with Crippen molar-refractivity contribution in [3.63, 3.8) is 0 Å². The molecule has 0 fully saturated rings. The molecule has 0 amide bonds. The number of halogens is 2. The SMILES string of the molecule is CN(C)c1c(Cl)cc(C(O)CNC(C)(C)C)cc1Cl. The number of β-amino-alcohol motifs (C(OH)–C–C–N with tert-alkyl or cyclic N) is 1. The van der Waals surface area contributed by atoms with Gasteiger partial charge in [-0.15, -0.1) is 0 Å². The normalized spacial score (nSPS) is 13.5. The van der Waals surface area contributed by atoms with Crippen molar-refractivity contribution in [2.75, 3.05) is 25.5 Å². The van der Waals surface area contributed by atoms with E-state index in [0.717, 1.165) is 11.3 Å². The zero-order chi connectivity index (χ0) is 14.8. The maximum absolute atomic E-state index is 10.2. The predicted octanol–water partition coefficient (Wildman–Crippen LogP) is 3.48. The summed E-state index contributed by atoms with van der Waals surface area (Å²) in [6.45, 7) is 6.61. The highest BCUT2D eigenvalue weighted by Gasteiger charge is 2.17. The molecule has 0 aliphatic rings. The number of rotatable bonds is 4. The highest BCUT2D eigenvalue weighted by atomic mass is 35.5. The molecular formula is C14H22Cl2N2O. The Labute approximate surface area is 125 Å². The Kier molecular flexibility index (Phi) is 5.51. The quantitative estimate of drug-likeness (QED) is 0.894. The zero-order valence-corrected chi connectivity index (χ0v) is 13.6. The van der Waals surface area contributed by atoms with Crippen LogP contribution in [0.3, 0.4) is 0 Å². The van der Waals surface area contributed by atoms with E-state index < -0.39 is 6.10 Å². The fraction of sp³-hybridized carbons (Fsp3) is 0.571. The predicted molar refractivity (Wildman–Crippen MR) is 83.5 cm³/mol. The van der Waals surface area contributed by atoms with Gasteiger partial charge in [0.2, 0.25) is 0 Å². The summed E-state index contributed by atoms with van der Waals surface area (Å²) >= 11 is 12.4. The third-order valence-electron chi connectivity index (χ3n) is 2.70. The van der Waals surface area contributed by atoms with Crippen LogP contribution in [0.25, 0.3) is 0 Å². The van der Waals surface area contributed by atoms with Crippen LogP contribution in [-0.2, 0) is 0 Å². The van der Waals surface area contributed by atoms with Crippen LogP contribution in [0.2, 0.25) is 10.0 Å². The van der Waals surface area contributed by atoms with Crippen LogP contribution in [-0.4, -0.2) is 31.3 Å². The van der Waals surface area contributed by atoms with Gasteiger partial charge in [-0.05, 0) is 38.5 Å². The molecular weight excluding hydrogens is 283 g/mol. The number of anilines is 1. The molecule has 1 aromatic rings. The molecule has 0 spiro atoms. The number of nitrogens with one attached hydrogen (secondary N) is 1. The molecule has 0 heterocycles. The van der Waals surface area contributed by atoms with Crippen LogP contribution >= 0.6 is 23.2 Å². The summed E-state index contributed by atoms with van der Waals surface area (Å²) < 4.78 is 0. The average Bonchev–Trinajstić information content (AvgIpc) is 2.23. The van der Waals surface area contributed by atoms with Crippen LogP contribution in [0, 0.1) is 0 Å². The molecule has 0 bridgehead atoms. The molecule has 3 nitrogen and oxygen atoms in total. The van der Waals surface area contributed by atoms with Crippen molar-refractivity contribution in [2.24, 2.45) is 0 Å². The molecule has 1 unspecified atom stereocenters. The molecule has 0 radical (unpaired) electrons. The Balaban J connectivity index is 2.91. The van der Waals surface area contributed by atoms with Crippen LogP contribution in [0.1, 0.15) is 32.4 Å². The van der Waals surface area contributed by atoms with E-state index in [-0.39, 0.29) is 5.54 Å². The maximum Gasteiger partial charge on any atom is 0.0915 e. The number of nitrogens with zero attached hydrogens (tertiary/aromatic N) is 1. The minimum atomic E-state index is -0.634. The lowest BCUT2D eigenvalue weighted by atomic mass is 10.1. The van der Waals surface area contributed by atoms with Gasteiger partial charge in [0.05, 0.1) is 21.8 Å². The average molecular weight is 305 g/mol. The van der Waals surface area contributed by atoms with E-state index in [1.165, 1.54) is 0 Å². The second-order valence-corrected chi connectivity index (χ2v) is 6.69. The van der Waals surface area contributed by atoms with Crippen molar-refractivity contribution >= 4 is 28.9 Å². The van der Waals surface area contributed by atoms with Gasteiger partial charge >= 0.3 is 0 Å². The van der Waals surface area contributed by atoms with Crippen LogP contribution in [0.4, 0.5) is 5.69 Å². The molecule has 0 aliphatic carbocycles. The standard InChI is InChI=1S/C14H22Cl2N2O/c1-14(2,3)17-8-12(19)9-6-10(15)13(18(4)5)11(16)7-9/h6-7,12,17,19H,8H2,1-5H3. The summed E-state index contributed by atoms with van der Waals surface area (Å²) in [7, 11) is 3.76. The van der Waals surface area contributed by atoms with Gasteiger partial charge in [0.1, 0.15) is 0 Å². The summed E-state index contributed by atoms with van der Waals surface area (Å²) in [6.07, 6.45) is -0.634. The molecule has 1 aromatic carbocycles. The molecule has 0 aromatic heterocycles. The smallest absolute Gasteiger partial charge is 0.0915 e. The number of aliphatic hydroxyl groups is 1. The topological polar surface area (TPSA) is 35.5 Å². The molecule has 2 N–H and O–H groups in total. The summed E-state index contributed by atoms with van der Waals surface area (Å²) in [5, 5.41) is 14.5. The lowest BCUT2D eigenvalue weighted by Gasteiger charge is -2.24.